The van der Waals surface area contributed by atoms with Gasteiger partial charge in [-0.1, -0.05) is 13.8 Å². The number of aromatic amines is 1. The molecule has 108 valence electrons. The second-order valence-corrected chi connectivity index (χ2v) is 6.29. The smallest absolute Gasteiger partial charge is 0.293 e. The summed E-state index contributed by atoms with van der Waals surface area (Å²) in [6.45, 7) is 4.15. The van der Waals surface area contributed by atoms with Gasteiger partial charge in [0.1, 0.15) is 6.61 Å². The number of halogens is 1. The molecule has 1 N–H and O–H groups in total. The van der Waals surface area contributed by atoms with Gasteiger partial charge >= 0.3 is 0 Å². The first-order chi connectivity index (χ1) is 9.35. The van der Waals surface area contributed by atoms with Crippen LogP contribution in [0, 0.1) is 5.41 Å². The number of carbonyl (C=O) groups is 2. The van der Waals surface area contributed by atoms with Crippen molar-refractivity contribution in [3.63, 3.8) is 0 Å². The number of Topliss-reactive ketones (excluding diaryl/α,β-unsaturated/α-hetero) is 1. The molecule has 1 aromatic rings. The number of alkyl halides is 1. The molecule has 0 bridgehead atoms. The van der Waals surface area contributed by atoms with E-state index in [4.69, 9.17) is 11.6 Å². The molecule has 5 nitrogen and oxygen atoms in total. The Kier molecular flexibility index (Phi) is 3.99. The Morgan fingerprint density at radius 1 is 1.45 bits per heavy atom. The number of pyridine rings is 1. The molecular weight excluding hydrogens is 282 g/mol. The highest BCUT2D eigenvalue weighted by Crippen LogP contribution is 2.33. The Labute approximate surface area is 121 Å². The van der Waals surface area contributed by atoms with Crippen molar-refractivity contribution < 1.29 is 14.3 Å². The zero-order valence-electron chi connectivity index (χ0n) is 11.4. The summed E-state index contributed by atoms with van der Waals surface area (Å²) in [5, 5.41) is -0.767. The lowest BCUT2D eigenvalue weighted by molar-refractivity contribution is -0.128. The number of H-pyrrole nitrogens is 1. The lowest BCUT2D eigenvalue weighted by atomic mass is 9.75. The molecule has 20 heavy (non-hydrogen) atoms. The van der Waals surface area contributed by atoms with Gasteiger partial charge in [-0.2, -0.15) is 0 Å². The van der Waals surface area contributed by atoms with Gasteiger partial charge in [-0.05, 0) is 11.8 Å². The van der Waals surface area contributed by atoms with Gasteiger partial charge in [0.05, 0.1) is 10.9 Å². The van der Waals surface area contributed by atoms with E-state index < -0.39 is 5.38 Å². The van der Waals surface area contributed by atoms with E-state index in [0.717, 1.165) is 0 Å². The first-order valence-corrected chi connectivity index (χ1v) is 6.76. The minimum atomic E-state index is -0.767. The molecular formula is C14H16ClNO4. The zero-order valence-corrected chi connectivity index (χ0v) is 12.1. The average Bonchev–Trinajstić information content (AvgIpc) is 2.34. The number of aromatic nitrogens is 1. The summed E-state index contributed by atoms with van der Waals surface area (Å²) in [6.07, 6.45) is 2.48. The molecule has 1 aliphatic rings. The number of rotatable bonds is 4. The number of nitrogens with one attached hydrogen (secondary N) is 1. The van der Waals surface area contributed by atoms with Crippen molar-refractivity contribution in [1.82, 2.24) is 4.98 Å². The van der Waals surface area contributed by atoms with Gasteiger partial charge in [-0.25, -0.2) is 0 Å². The van der Waals surface area contributed by atoms with Crippen LogP contribution in [0.3, 0.4) is 0 Å². The van der Waals surface area contributed by atoms with E-state index in [1.807, 2.05) is 13.8 Å². The predicted molar refractivity (Wildman–Crippen MR) is 74.1 cm³/mol. The Balaban J connectivity index is 2.42. The lowest BCUT2D eigenvalue weighted by Gasteiger charge is -2.29. The summed E-state index contributed by atoms with van der Waals surface area (Å²) in [7, 11) is 0. The highest BCUT2D eigenvalue weighted by atomic mass is 35.5. The fourth-order valence-electron chi connectivity index (χ4n) is 2.53. The summed E-state index contributed by atoms with van der Waals surface area (Å²) in [4.78, 5) is 37.7. The number of ether oxygens (including phenoxy) is 1. The summed E-state index contributed by atoms with van der Waals surface area (Å²) < 4.78 is 4.56. The van der Waals surface area contributed by atoms with Crippen LogP contribution >= 0.6 is 11.6 Å². The summed E-state index contributed by atoms with van der Waals surface area (Å²) >= 11 is 6.02. The quantitative estimate of drug-likeness (QED) is 0.681. The standard InChI is InChI=1S/C14H16ClNO4/c1-14(2)3-10-12(11(18)4-14)13(19)8(5-16-10)9(15)6-20-7-17/h5,7,9H,3-4,6H2,1-2H3,(H,16,19). The topological polar surface area (TPSA) is 76.2 Å². The van der Waals surface area contributed by atoms with Crippen LogP contribution in [0.15, 0.2) is 11.0 Å². The van der Waals surface area contributed by atoms with Crippen molar-refractivity contribution in [1.29, 1.82) is 0 Å². The van der Waals surface area contributed by atoms with Crippen LogP contribution in [0.25, 0.3) is 0 Å². The first kappa shape index (κ1) is 14.8. The minimum absolute atomic E-state index is 0.105. The fraction of sp³-hybridized carbons (Fsp3) is 0.500. The third-order valence-electron chi connectivity index (χ3n) is 3.41. The maximum Gasteiger partial charge on any atom is 0.293 e. The SMILES string of the molecule is CC1(C)CC(=O)c2c([nH]cc(C(Cl)COC=O)c2=O)C1. The molecule has 1 atom stereocenters. The van der Waals surface area contributed by atoms with Crippen LogP contribution < -0.4 is 5.43 Å². The van der Waals surface area contributed by atoms with Gasteiger partial charge in [0.2, 0.25) is 0 Å². The summed E-state index contributed by atoms with van der Waals surface area (Å²) in [5.74, 6) is -0.167. The van der Waals surface area contributed by atoms with Crippen molar-refractivity contribution in [2.45, 2.75) is 32.1 Å². The monoisotopic (exact) mass is 297 g/mol. The number of hydrogen-bond donors (Lipinski definition) is 1. The maximum atomic E-state index is 12.4. The van der Waals surface area contributed by atoms with Gasteiger partial charge < -0.3 is 9.72 Å². The van der Waals surface area contributed by atoms with Crippen molar-refractivity contribution in [3.8, 4) is 0 Å². The molecule has 0 aliphatic heterocycles. The van der Waals surface area contributed by atoms with Crippen molar-refractivity contribution in [2.75, 3.05) is 6.61 Å². The number of fused-ring (bicyclic) bond motifs is 1. The van der Waals surface area contributed by atoms with Gasteiger partial charge in [0, 0.05) is 23.9 Å². The first-order valence-electron chi connectivity index (χ1n) is 6.33. The molecule has 1 aromatic heterocycles. The zero-order chi connectivity index (χ0) is 14.9. The van der Waals surface area contributed by atoms with Gasteiger partial charge in [0.15, 0.2) is 11.2 Å². The van der Waals surface area contributed by atoms with Crippen LogP contribution in [0.5, 0.6) is 0 Å². The Morgan fingerprint density at radius 3 is 2.80 bits per heavy atom. The minimum Gasteiger partial charge on any atom is -0.466 e. The summed E-state index contributed by atoms with van der Waals surface area (Å²) in [6, 6.07) is 0. The second kappa shape index (κ2) is 5.40. The third kappa shape index (κ3) is 2.77. The predicted octanol–water partition coefficient (Wildman–Crippen LogP) is 1.98. The van der Waals surface area contributed by atoms with E-state index in [1.165, 1.54) is 6.20 Å². The van der Waals surface area contributed by atoms with Crippen LogP contribution in [0.2, 0.25) is 0 Å². The fourth-order valence-corrected chi connectivity index (χ4v) is 2.76. The molecule has 0 radical (unpaired) electrons. The van der Waals surface area contributed by atoms with Gasteiger partial charge in [0.25, 0.3) is 6.47 Å². The molecule has 6 heteroatoms. The van der Waals surface area contributed by atoms with E-state index in [9.17, 15) is 14.4 Å². The second-order valence-electron chi connectivity index (χ2n) is 5.76. The molecule has 1 unspecified atom stereocenters. The third-order valence-corrected chi connectivity index (χ3v) is 3.78. The molecule has 0 saturated carbocycles. The van der Waals surface area contributed by atoms with Gasteiger partial charge in [-0.3, -0.25) is 14.4 Å². The van der Waals surface area contributed by atoms with Gasteiger partial charge in [-0.15, -0.1) is 11.6 Å². The van der Waals surface area contributed by atoms with Crippen LogP contribution in [-0.4, -0.2) is 23.8 Å². The van der Waals surface area contributed by atoms with Crippen LogP contribution in [0.1, 0.15) is 47.3 Å². The Bertz CT molecular complexity index is 606. The molecule has 1 aliphatic carbocycles. The average molecular weight is 298 g/mol. The molecule has 0 fully saturated rings. The van der Waals surface area contributed by atoms with Crippen molar-refractivity contribution in [3.05, 3.63) is 33.2 Å². The normalized spacial score (nSPS) is 18.2. The van der Waals surface area contributed by atoms with Crippen molar-refractivity contribution in [2.24, 2.45) is 5.41 Å². The highest BCUT2D eigenvalue weighted by Gasteiger charge is 2.34. The van der Waals surface area contributed by atoms with E-state index in [1.54, 1.807) is 0 Å². The van der Waals surface area contributed by atoms with E-state index in [0.29, 0.717) is 18.5 Å². The van der Waals surface area contributed by atoms with Crippen LogP contribution in [-0.2, 0) is 16.0 Å². The lowest BCUT2D eigenvalue weighted by Crippen LogP contribution is -2.34. The van der Waals surface area contributed by atoms with E-state index in [-0.39, 0.29) is 40.8 Å². The van der Waals surface area contributed by atoms with E-state index in [2.05, 4.69) is 9.72 Å². The molecule has 0 amide bonds. The molecule has 0 aromatic carbocycles. The molecule has 0 spiro atoms. The van der Waals surface area contributed by atoms with E-state index >= 15 is 0 Å². The number of carbonyl (C=O) groups excluding carboxylic acids is 2. The molecule has 2 rings (SSSR count). The number of hydrogen-bond acceptors (Lipinski definition) is 4. The van der Waals surface area contributed by atoms with Crippen molar-refractivity contribution >= 4 is 23.9 Å². The van der Waals surface area contributed by atoms with Crippen LogP contribution in [0.4, 0.5) is 0 Å². The Morgan fingerprint density at radius 2 is 2.15 bits per heavy atom. The molecule has 0 saturated heterocycles. The molecule has 1 heterocycles. The maximum absolute atomic E-state index is 12.4. The largest absolute Gasteiger partial charge is 0.466 e. The summed E-state index contributed by atoms with van der Waals surface area (Å²) in [5.41, 5.74) is 0.572. The number of ketones is 1. The Hall–Kier alpha value is -1.62. The highest BCUT2D eigenvalue weighted by molar-refractivity contribution is 6.21.